The number of rotatable bonds is 4. The van der Waals surface area contributed by atoms with Gasteiger partial charge in [-0.2, -0.15) is 9.61 Å². The number of halogens is 1. The Kier molecular flexibility index (Phi) is 4.01. The molecule has 26 heavy (non-hydrogen) atoms. The van der Waals surface area contributed by atoms with E-state index in [1.807, 2.05) is 37.3 Å². The summed E-state index contributed by atoms with van der Waals surface area (Å²) in [5, 5.41) is 7.76. The standard InChI is InChI=1S/C20H17FN4O/c1-13-11-19(24-15-9-7-14(21)8-10-15)25-20(23-13)17(12-22-25)16-5-3-4-6-18(16)26-2/h3-12,24H,1-2H3. The van der Waals surface area contributed by atoms with Crippen molar-refractivity contribution in [3.05, 3.63) is 72.3 Å². The number of para-hydroxylation sites is 1. The van der Waals surface area contributed by atoms with Crippen molar-refractivity contribution in [2.24, 2.45) is 0 Å². The molecule has 5 nitrogen and oxygen atoms in total. The van der Waals surface area contributed by atoms with Crippen molar-refractivity contribution in [2.45, 2.75) is 6.92 Å². The van der Waals surface area contributed by atoms with Gasteiger partial charge in [-0.15, -0.1) is 0 Å². The molecule has 2 aromatic carbocycles. The first-order valence-electron chi connectivity index (χ1n) is 8.17. The molecular formula is C20H17FN4O. The van der Waals surface area contributed by atoms with Crippen LogP contribution in [0.2, 0.25) is 0 Å². The molecule has 130 valence electrons. The Morgan fingerprint density at radius 1 is 1.04 bits per heavy atom. The molecule has 0 saturated carbocycles. The molecule has 2 aromatic heterocycles. The van der Waals surface area contributed by atoms with Crippen molar-refractivity contribution in [3.8, 4) is 16.9 Å². The summed E-state index contributed by atoms with van der Waals surface area (Å²) in [6.07, 6.45) is 1.77. The zero-order valence-electron chi connectivity index (χ0n) is 14.4. The number of nitrogens with one attached hydrogen (secondary N) is 1. The fourth-order valence-electron chi connectivity index (χ4n) is 2.91. The number of hydrogen-bond donors (Lipinski definition) is 1. The lowest BCUT2D eigenvalue weighted by Crippen LogP contribution is -2.02. The number of benzene rings is 2. The zero-order valence-corrected chi connectivity index (χ0v) is 14.4. The normalized spacial score (nSPS) is 10.9. The fraction of sp³-hybridized carbons (Fsp3) is 0.100. The summed E-state index contributed by atoms with van der Waals surface area (Å²) in [5.41, 5.74) is 4.15. The van der Waals surface area contributed by atoms with Gasteiger partial charge in [-0.25, -0.2) is 9.37 Å². The average Bonchev–Trinajstić information content (AvgIpc) is 3.07. The van der Waals surface area contributed by atoms with E-state index >= 15 is 0 Å². The van der Waals surface area contributed by atoms with Crippen LogP contribution in [0, 0.1) is 12.7 Å². The van der Waals surface area contributed by atoms with Crippen LogP contribution in [0.4, 0.5) is 15.9 Å². The van der Waals surface area contributed by atoms with Crippen LogP contribution in [-0.4, -0.2) is 21.7 Å². The molecule has 0 unspecified atom stereocenters. The van der Waals surface area contributed by atoms with Crippen LogP contribution in [-0.2, 0) is 0 Å². The highest BCUT2D eigenvalue weighted by atomic mass is 19.1. The van der Waals surface area contributed by atoms with E-state index in [9.17, 15) is 4.39 Å². The zero-order chi connectivity index (χ0) is 18.1. The van der Waals surface area contributed by atoms with Crippen LogP contribution in [0.5, 0.6) is 5.75 Å². The monoisotopic (exact) mass is 348 g/mol. The number of fused-ring (bicyclic) bond motifs is 1. The topological polar surface area (TPSA) is 51.5 Å². The van der Waals surface area contributed by atoms with E-state index in [1.165, 1.54) is 12.1 Å². The molecule has 0 radical (unpaired) electrons. The van der Waals surface area contributed by atoms with Gasteiger partial charge < -0.3 is 10.1 Å². The number of hydrogen-bond acceptors (Lipinski definition) is 4. The molecule has 6 heteroatoms. The quantitative estimate of drug-likeness (QED) is 0.586. The van der Waals surface area contributed by atoms with E-state index in [-0.39, 0.29) is 5.82 Å². The van der Waals surface area contributed by atoms with Gasteiger partial charge in [0.2, 0.25) is 0 Å². The summed E-state index contributed by atoms with van der Waals surface area (Å²) in [6, 6.07) is 15.9. The van der Waals surface area contributed by atoms with Gasteiger partial charge in [0.05, 0.1) is 18.9 Å². The third-order valence-corrected chi connectivity index (χ3v) is 4.11. The molecule has 2 heterocycles. The van der Waals surface area contributed by atoms with E-state index in [2.05, 4.69) is 15.4 Å². The number of aryl methyl sites for hydroxylation is 1. The lowest BCUT2D eigenvalue weighted by Gasteiger charge is -2.10. The van der Waals surface area contributed by atoms with Gasteiger partial charge in [-0.1, -0.05) is 18.2 Å². The Balaban J connectivity index is 1.84. The maximum absolute atomic E-state index is 13.1. The number of nitrogens with zero attached hydrogens (tertiary/aromatic N) is 3. The summed E-state index contributed by atoms with van der Waals surface area (Å²) in [7, 11) is 1.64. The summed E-state index contributed by atoms with van der Waals surface area (Å²) in [4.78, 5) is 4.65. The highest BCUT2D eigenvalue weighted by Crippen LogP contribution is 2.33. The Hall–Kier alpha value is -3.41. The van der Waals surface area contributed by atoms with E-state index in [0.29, 0.717) is 0 Å². The first-order chi connectivity index (χ1) is 12.7. The Morgan fingerprint density at radius 3 is 2.58 bits per heavy atom. The molecule has 4 rings (SSSR count). The van der Waals surface area contributed by atoms with E-state index in [4.69, 9.17) is 4.74 Å². The van der Waals surface area contributed by atoms with Gasteiger partial charge in [0.15, 0.2) is 5.65 Å². The van der Waals surface area contributed by atoms with Gasteiger partial charge in [-0.3, -0.25) is 0 Å². The number of ether oxygens (including phenoxy) is 1. The lowest BCUT2D eigenvalue weighted by molar-refractivity contribution is 0.416. The molecule has 0 saturated heterocycles. The van der Waals surface area contributed by atoms with E-state index in [1.54, 1.807) is 30.0 Å². The SMILES string of the molecule is COc1ccccc1-c1cnn2c(Nc3ccc(F)cc3)cc(C)nc12. The molecule has 1 N–H and O–H groups in total. The number of aromatic nitrogens is 3. The van der Waals surface area contributed by atoms with Crippen LogP contribution >= 0.6 is 0 Å². The molecule has 0 spiro atoms. The minimum absolute atomic E-state index is 0.274. The van der Waals surface area contributed by atoms with Gasteiger partial charge in [0, 0.05) is 23.0 Å². The van der Waals surface area contributed by atoms with E-state index in [0.717, 1.165) is 39.7 Å². The van der Waals surface area contributed by atoms with Crippen LogP contribution in [0.15, 0.2) is 60.8 Å². The van der Waals surface area contributed by atoms with Crippen molar-refractivity contribution in [1.29, 1.82) is 0 Å². The Bertz CT molecular complexity index is 1070. The summed E-state index contributed by atoms with van der Waals surface area (Å²) < 4.78 is 20.3. The fourth-order valence-corrected chi connectivity index (χ4v) is 2.91. The molecule has 0 aliphatic heterocycles. The first kappa shape index (κ1) is 16.1. The second kappa shape index (κ2) is 6.48. The van der Waals surface area contributed by atoms with Crippen molar-refractivity contribution in [1.82, 2.24) is 14.6 Å². The Labute approximate surface area is 150 Å². The van der Waals surface area contributed by atoms with Crippen molar-refractivity contribution in [3.63, 3.8) is 0 Å². The minimum atomic E-state index is -0.274. The molecule has 0 aliphatic carbocycles. The number of methoxy groups -OCH3 is 1. The summed E-state index contributed by atoms with van der Waals surface area (Å²) in [5.74, 6) is 1.24. The second-order valence-electron chi connectivity index (χ2n) is 5.91. The highest BCUT2D eigenvalue weighted by molar-refractivity contribution is 5.82. The summed E-state index contributed by atoms with van der Waals surface area (Å²) in [6.45, 7) is 1.93. The Morgan fingerprint density at radius 2 is 1.81 bits per heavy atom. The van der Waals surface area contributed by atoms with Crippen molar-refractivity contribution in [2.75, 3.05) is 12.4 Å². The third kappa shape index (κ3) is 2.86. The van der Waals surface area contributed by atoms with Gasteiger partial charge >= 0.3 is 0 Å². The third-order valence-electron chi connectivity index (χ3n) is 4.11. The smallest absolute Gasteiger partial charge is 0.165 e. The maximum atomic E-state index is 13.1. The summed E-state index contributed by atoms with van der Waals surface area (Å²) >= 11 is 0. The van der Waals surface area contributed by atoms with Crippen molar-refractivity contribution < 1.29 is 9.13 Å². The van der Waals surface area contributed by atoms with Gasteiger partial charge in [-0.05, 0) is 37.3 Å². The van der Waals surface area contributed by atoms with Crippen molar-refractivity contribution >= 4 is 17.2 Å². The van der Waals surface area contributed by atoms with E-state index < -0.39 is 0 Å². The lowest BCUT2D eigenvalue weighted by atomic mass is 10.1. The highest BCUT2D eigenvalue weighted by Gasteiger charge is 2.15. The predicted octanol–water partition coefficient (Wildman–Crippen LogP) is 4.60. The molecule has 0 fully saturated rings. The van der Waals surface area contributed by atoms with Gasteiger partial charge in [0.1, 0.15) is 17.4 Å². The molecule has 4 aromatic rings. The van der Waals surface area contributed by atoms with Gasteiger partial charge in [0.25, 0.3) is 0 Å². The molecule has 0 amide bonds. The maximum Gasteiger partial charge on any atom is 0.165 e. The van der Waals surface area contributed by atoms with Crippen LogP contribution in [0.3, 0.4) is 0 Å². The van der Waals surface area contributed by atoms with Crippen LogP contribution < -0.4 is 10.1 Å². The molecule has 0 atom stereocenters. The second-order valence-corrected chi connectivity index (χ2v) is 5.91. The largest absolute Gasteiger partial charge is 0.496 e. The van der Waals surface area contributed by atoms with Crippen LogP contribution in [0.25, 0.3) is 16.8 Å². The first-order valence-corrected chi connectivity index (χ1v) is 8.17. The molecule has 0 bridgehead atoms. The average molecular weight is 348 g/mol. The number of anilines is 2. The molecule has 0 aliphatic rings. The molecular weight excluding hydrogens is 331 g/mol. The van der Waals surface area contributed by atoms with Crippen LogP contribution in [0.1, 0.15) is 5.69 Å². The predicted molar refractivity (Wildman–Crippen MR) is 99.4 cm³/mol. The minimum Gasteiger partial charge on any atom is -0.496 e.